The Morgan fingerprint density at radius 2 is 1.88 bits per heavy atom. The monoisotopic (exact) mass is 372 g/mol. The molecule has 0 aliphatic carbocycles. The van der Waals surface area contributed by atoms with E-state index in [2.05, 4.69) is 20.6 Å². The molecular formula is C18H14ClFN4O2. The smallest absolute Gasteiger partial charge is 0.258 e. The van der Waals surface area contributed by atoms with E-state index in [1.54, 1.807) is 30.3 Å². The number of aromatic nitrogens is 2. The predicted octanol–water partition coefficient (Wildman–Crippen LogP) is 4.27. The maximum atomic E-state index is 13.6. The fraction of sp³-hybridized carbons (Fsp3) is 0.0556. The Bertz CT molecular complexity index is 935. The molecule has 1 aromatic heterocycles. The lowest BCUT2D eigenvalue weighted by Crippen LogP contribution is -2.14. The standard InChI is InChI=1S/C18H14ClFN4O2/c1-26-16-7-6-12(8-13(16)19)23-18-21-9-11(10-22-18)17(25)24-15-5-3-2-4-14(15)20/h2-10H,1H3,(H,24,25)(H,21,22,23). The van der Waals surface area contributed by atoms with Gasteiger partial charge in [0.1, 0.15) is 11.6 Å². The lowest BCUT2D eigenvalue weighted by molar-refractivity contribution is 0.102. The lowest BCUT2D eigenvalue weighted by atomic mass is 10.2. The van der Waals surface area contributed by atoms with Gasteiger partial charge in [0, 0.05) is 18.1 Å². The van der Waals surface area contributed by atoms with Gasteiger partial charge in [-0.3, -0.25) is 4.79 Å². The largest absolute Gasteiger partial charge is 0.495 e. The van der Waals surface area contributed by atoms with Gasteiger partial charge in [0.05, 0.1) is 23.4 Å². The molecule has 2 N–H and O–H groups in total. The van der Waals surface area contributed by atoms with Gasteiger partial charge in [0.2, 0.25) is 5.95 Å². The molecule has 8 heteroatoms. The van der Waals surface area contributed by atoms with E-state index in [0.29, 0.717) is 16.5 Å². The second-order valence-corrected chi connectivity index (χ2v) is 5.61. The van der Waals surface area contributed by atoms with Crippen molar-refractivity contribution < 1.29 is 13.9 Å². The number of nitrogens with zero attached hydrogens (tertiary/aromatic N) is 2. The summed E-state index contributed by atoms with van der Waals surface area (Å²) in [6.07, 6.45) is 2.69. The number of anilines is 3. The van der Waals surface area contributed by atoms with E-state index in [1.165, 1.54) is 31.6 Å². The van der Waals surface area contributed by atoms with Crippen LogP contribution in [0.1, 0.15) is 10.4 Å². The highest BCUT2D eigenvalue weighted by Gasteiger charge is 2.10. The molecule has 1 amide bonds. The molecule has 0 spiro atoms. The fourth-order valence-electron chi connectivity index (χ4n) is 2.14. The zero-order valence-corrected chi connectivity index (χ0v) is 14.4. The second kappa shape index (κ2) is 7.79. The molecule has 0 fully saturated rings. The van der Waals surface area contributed by atoms with Crippen molar-refractivity contribution in [3.05, 3.63) is 71.3 Å². The van der Waals surface area contributed by atoms with Gasteiger partial charge in [-0.05, 0) is 30.3 Å². The zero-order chi connectivity index (χ0) is 18.5. The molecule has 1 heterocycles. The maximum Gasteiger partial charge on any atom is 0.258 e. The van der Waals surface area contributed by atoms with Crippen molar-refractivity contribution in [3.8, 4) is 5.75 Å². The molecule has 0 saturated heterocycles. The van der Waals surface area contributed by atoms with Crippen LogP contribution in [0.25, 0.3) is 0 Å². The average Bonchev–Trinajstić information content (AvgIpc) is 2.64. The first-order valence-electron chi connectivity index (χ1n) is 7.55. The van der Waals surface area contributed by atoms with Crippen molar-refractivity contribution in [1.29, 1.82) is 0 Å². The van der Waals surface area contributed by atoms with Crippen LogP contribution in [0.3, 0.4) is 0 Å². The molecule has 0 radical (unpaired) electrons. The summed E-state index contributed by atoms with van der Waals surface area (Å²) in [5.74, 6) is -0.183. The molecule has 3 rings (SSSR count). The summed E-state index contributed by atoms with van der Waals surface area (Å²) in [6.45, 7) is 0. The van der Waals surface area contributed by atoms with Crippen LogP contribution in [-0.4, -0.2) is 23.0 Å². The minimum Gasteiger partial charge on any atom is -0.495 e. The van der Waals surface area contributed by atoms with Crippen molar-refractivity contribution in [2.45, 2.75) is 0 Å². The summed E-state index contributed by atoms with van der Waals surface area (Å²) in [6, 6.07) is 11.0. The number of amides is 1. The van der Waals surface area contributed by atoms with Crippen molar-refractivity contribution in [2.75, 3.05) is 17.7 Å². The third-order valence-corrected chi connectivity index (χ3v) is 3.74. The van der Waals surface area contributed by atoms with Crippen LogP contribution >= 0.6 is 11.6 Å². The number of benzene rings is 2. The number of para-hydroxylation sites is 1. The van der Waals surface area contributed by atoms with E-state index < -0.39 is 11.7 Å². The van der Waals surface area contributed by atoms with E-state index in [-0.39, 0.29) is 17.2 Å². The van der Waals surface area contributed by atoms with Crippen LogP contribution in [0.4, 0.5) is 21.7 Å². The first kappa shape index (κ1) is 17.6. The van der Waals surface area contributed by atoms with Crippen molar-refractivity contribution >= 4 is 34.8 Å². The Balaban J connectivity index is 1.69. The van der Waals surface area contributed by atoms with Crippen molar-refractivity contribution in [2.24, 2.45) is 0 Å². The topological polar surface area (TPSA) is 76.1 Å². The molecule has 2 aromatic carbocycles. The summed E-state index contributed by atoms with van der Waals surface area (Å²) in [7, 11) is 1.53. The number of ether oxygens (including phenoxy) is 1. The fourth-order valence-corrected chi connectivity index (χ4v) is 2.40. The second-order valence-electron chi connectivity index (χ2n) is 5.20. The van der Waals surface area contributed by atoms with E-state index in [4.69, 9.17) is 16.3 Å². The molecule has 0 atom stereocenters. The van der Waals surface area contributed by atoms with E-state index in [1.807, 2.05) is 0 Å². The van der Waals surface area contributed by atoms with Gasteiger partial charge in [-0.25, -0.2) is 14.4 Å². The lowest BCUT2D eigenvalue weighted by Gasteiger charge is -2.09. The SMILES string of the molecule is COc1ccc(Nc2ncc(C(=O)Nc3ccccc3F)cn2)cc1Cl. The predicted molar refractivity (Wildman–Crippen MR) is 97.7 cm³/mol. The van der Waals surface area contributed by atoms with Gasteiger partial charge in [-0.1, -0.05) is 23.7 Å². The molecule has 0 aliphatic heterocycles. The van der Waals surface area contributed by atoms with Crippen LogP contribution in [0, 0.1) is 5.82 Å². The highest BCUT2D eigenvalue weighted by molar-refractivity contribution is 6.32. The normalized spacial score (nSPS) is 10.3. The molecule has 0 bridgehead atoms. The van der Waals surface area contributed by atoms with Gasteiger partial charge in [-0.2, -0.15) is 0 Å². The molecule has 0 unspecified atom stereocenters. The number of methoxy groups -OCH3 is 1. The summed E-state index contributed by atoms with van der Waals surface area (Å²) >= 11 is 6.06. The Morgan fingerprint density at radius 1 is 1.15 bits per heavy atom. The quantitative estimate of drug-likeness (QED) is 0.699. The van der Waals surface area contributed by atoms with Gasteiger partial charge in [0.15, 0.2) is 0 Å². The van der Waals surface area contributed by atoms with Gasteiger partial charge < -0.3 is 15.4 Å². The number of carbonyl (C=O) groups is 1. The summed E-state index contributed by atoms with van der Waals surface area (Å²) in [5.41, 5.74) is 0.957. The number of carbonyl (C=O) groups excluding carboxylic acids is 1. The minimum atomic E-state index is -0.517. The highest BCUT2D eigenvalue weighted by Crippen LogP contribution is 2.28. The Hall–Kier alpha value is -3.19. The minimum absolute atomic E-state index is 0.0903. The third kappa shape index (κ3) is 4.07. The van der Waals surface area contributed by atoms with Gasteiger partial charge in [-0.15, -0.1) is 0 Å². The molecule has 3 aromatic rings. The zero-order valence-electron chi connectivity index (χ0n) is 13.7. The van der Waals surface area contributed by atoms with Crippen LogP contribution in [0.2, 0.25) is 5.02 Å². The average molecular weight is 373 g/mol. The molecule has 0 aliphatic rings. The van der Waals surface area contributed by atoms with Crippen LogP contribution in [-0.2, 0) is 0 Å². The molecule has 0 saturated carbocycles. The van der Waals surface area contributed by atoms with E-state index in [0.717, 1.165) is 0 Å². The molecule has 132 valence electrons. The Morgan fingerprint density at radius 3 is 2.54 bits per heavy atom. The molecule has 6 nitrogen and oxygen atoms in total. The number of rotatable bonds is 5. The van der Waals surface area contributed by atoms with E-state index >= 15 is 0 Å². The van der Waals surface area contributed by atoms with Gasteiger partial charge >= 0.3 is 0 Å². The van der Waals surface area contributed by atoms with Crippen molar-refractivity contribution in [1.82, 2.24) is 9.97 Å². The summed E-state index contributed by atoms with van der Waals surface area (Å²) < 4.78 is 18.7. The Kier molecular flexibility index (Phi) is 5.28. The molecule has 26 heavy (non-hydrogen) atoms. The highest BCUT2D eigenvalue weighted by atomic mass is 35.5. The number of hydrogen-bond acceptors (Lipinski definition) is 5. The van der Waals surface area contributed by atoms with Crippen molar-refractivity contribution in [3.63, 3.8) is 0 Å². The van der Waals surface area contributed by atoms with E-state index in [9.17, 15) is 9.18 Å². The Labute approximate surface area is 154 Å². The summed E-state index contributed by atoms with van der Waals surface area (Å²) in [5, 5.41) is 5.88. The van der Waals surface area contributed by atoms with Gasteiger partial charge in [0.25, 0.3) is 5.91 Å². The maximum absolute atomic E-state index is 13.6. The van der Waals surface area contributed by atoms with Crippen LogP contribution in [0.15, 0.2) is 54.9 Å². The van der Waals surface area contributed by atoms with Crippen LogP contribution in [0.5, 0.6) is 5.75 Å². The first-order chi connectivity index (χ1) is 12.6. The first-order valence-corrected chi connectivity index (χ1v) is 7.93. The third-order valence-electron chi connectivity index (χ3n) is 3.44. The van der Waals surface area contributed by atoms with Crippen LogP contribution < -0.4 is 15.4 Å². The number of halogens is 2. The number of nitrogens with one attached hydrogen (secondary N) is 2. The summed E-state index contributed by atoms with van der Waals surface area (Å²) in [4.78, 5) is 20.3. The molecular weight excluding hydrogens is 359 g/mol. The number of hydrogen-bond donors (Lipinski definition) is 2.